The molecule has 0 spiro atoms. The zero-order valence-corrected chi connectivity index (χ0v) is 40.1. The lowest BCUT2D eigenvalue weighted by Crippen LogP contribution is -2.67. The third kappa shape index (κ3) is 7.68. The predicted molar refractivity (Wildman–Crippen MR) is 255 cm³/mol. The van der Waals surface area contributed by atoms with E-state index in [0.717, 1.165) is 0 Å². The lowest BCUT2D eigenvalue weighted by Gasteiger charge is -2.52. The molecule has 18 N–H and O–H groups in total. The van der Waals surface area contributed by atoms with E-state index in [-0.39, 0.29) is 54.9 Å². The van der Waals surface area contributed by atoms with Crippen molar-refractivity contribution >= 4 is 64.1 Å². The summed E-state index contributed by atoms with van der Waals surface area (Å²) in [7, 11) is 0. The SMILES string of the molecule is C[C@@H]1C(=O)C(C(N)=O)=C(O)[C@@]2(O)C(=O)C3=C(O)c4c(ccc(NC(=O)NCCCCCC(=O)NCCN[C@@H]5C(=O)C(C(N)=O)=C(O)[C@@]6(O)C(=O)C7=C(O)c8c(O)cccc8[C@@](C)(O)[C@H]7C[C@@H]56)c4O)[C@@](C)(O)[C@H]3C[C@@H]12. The van der Waals surface area contributed by atoms with Crippen molar-refractivity contribution in [3.63, 3.8) is 0 Å². The van der Waals surface area contributed by atoms with Gasteiger partial charge in [0, 0.05) is 66.8 Å². The number of anilines is 1. The second kappa shape index (κ2) is 18.4. The standard InChI is InChI=1S/C50H56N6O18/c1-18-21-16-22-31(40(64)49(21,73)42(66)32(35(18)59)44(51)68)38(62)29-20(48(22,3)72)11-12-25(36(29)60)56-46(70)55-13-6-4-5-10-27(58)53-14-15-54-34-24-17-23-30(37(61)28-19(47(23,2)71)8-7-9-26(28)57)41(65)50(24,74)43(67)33(39(34)63)45(52)69/h7-9,11-12,18,21-24,34,54,57,60-62,66-67,71-74H,4-6,10,13-17H2,1-3H3,(H2,51,68)(H2,52,69)(H,53,58)(H2,55,56,70)/t18-,21-,22-,23-,24-,34-,47+,48+,49-,50-/m0/s1. The number of aliphatic hydroxyl groups excluding tert-OH is 4. The molecule has 2 fully saturated rings. The zero-order valence-electron chi connectivity index (χ0n) is 40.1. The highest BCUT2D eigenvalue weighted by molar-refractivity contribution is 6.25. The summed E-state index contributed by atoms with van der Waals surface area (Å²) in [6.45, 7) is 3.76. The van der Waals surface area contributed by atoms with Gasteiger partial charge in [-0.1, -0.05) is 31.5 Å². The quantitative estimate of drug-likeness (QED) is 0.0702. The highest BCUT2D eigenvalue weighted by Crippen LogP contribution is 2.59. The van der Waals surface area contributed by atoms with E-state index in [1.165, 1.54) is 51.1 Å². The number of primary amides is 2. The second-order valence-corrected chi connectivity index (χ2v) is 20.1. The Hall–Kier alpha value is -7.64. The second-order valence-electron chi connectivity index (χ2n) is 20.1. The van der Waals surface area contributed by atoms with E-state index in [1.807, 2.05) is 0 Å². The molecule has 2 aromatic rings. The van der Waals surface area contributed by atoms with Crippen LogP contribution in [-0.4, -0.2) is 135 Å². The van der Waals surface area contributed by atoms with Crippen molar-refractivity contribution in [2.45, 2.75) is 87.7 Å². The number of fused-ring (bicyclic) bond motifs is 6. The molecule has 0 aliphatic heterocycles. The number of ketones is 4. The highest BCUT2D eigenvalue weighted by Gasteiger charge is 2.67. The lowest BCUT2D eigenvalue weighted by molar-refractivity contribution is -0.158. The van der Waals surface area contributed by atoms with E-state index in [0.29, 0.717) is 19.3 Å². The maximum atomic E-state index is 14.2. The number of benzene rings is 2. The molecule has 0 unspecified atom stereocenters. The van der Waals surface area contributed by atoms with Crippen LogP contribution in [0.2, 0.25) is 0 Å². The maximum Gasteiger partial charge on any atom is 0.319 e. The van der Waals surface area contributed by atoms with Gasteiger partial charge in [-0.3, -0.25) is 33.6 Å². The number of nitrogens with one attached hydrogen (secondary N) is 4. The van der Waals surface area contributed by atoms with Crippen LogP contribution in [0, 0.1) is 29.6 Å². The molecule has 0 saturated heterocycles. The van der Waals surface area contributed by atoms with E-state index in [9.17, 15) is 89.4 Å². The number of amides is 5. The molecule has 0 heterocycles. The Morgan fingerprint density at radius 1 is 0.649 bits per heavy atom. The minimum atomic E-state index is -2.98. The van der Waals surface area contributed by atoms with Crippen LogP contribution in [0.4, 0.5) is 10.5 Å². The van der Waals surface area contributed by atoms with Crippen molar-refractivity contribution in [3.8, 4) is 11.5 Å². The monoisotopic (exact) mass is 1030 g/mol. The van der Waals surface area contributed by atoms with Gasteiger partial charge in [-0.05, 0) is 62.8 Å². The van der Waals surface area contributed by atoms with E-state index in [2.05, 4.69) is 21.3 Å². The number of aliphatic hydroxyl groups is 8. The van der Waals surface area contributed by atoms with Crippen LogP contribution in [0.3, 0.4) is 0 Å². The molecule has 394 valence electrons. The van der Waals surface area contributed by atoms with E-state index in [4.69, 9.17) is 11.5 Å². The molecule has 10 atom stereocenters. The van der Waals surface area contributed by atoms with Crippen molar-refractivity contribution in [2.75, 3.05) is 25.0 Å². The van der Waals surface area contributed by atoms with Gasteiger partial charge in [0.15, 0.2) is 22.8 Å². The Kier molecular flexibility index (Phi) is 13.1. The summed E-state index contributed by atoms with van der Waals surface area (Å²) >= 11 is 0. The van der Waals surface area contributed by atoms with E-state index in [1.54, 1.807) is 0 Å². The molecule has 24 nitrogen and oxygen atoms in total. The maximum absolute atomic E-state index is 14.2. The van der Waals surface area contributed by atoms with Crippen molar-refractivity contribution in [1.29, 1.82) is 0 Å². The van der Waals surface area contributed by atoms with Gasteiger partial charge >= 0.3 is 6.03 Å². The van der Waals surface area contributed by atoms with Gasteiger partial charge in [0.25, 0.3) is 11.8 Å². The van der Waals surface area contributed by atoms with E-state index >= 15 is 0 Å². The number of phenolic OH excluding ortho intramolecular Hbond substituents is 2. The fraction of sp³-hybridized carbons (Fsp3) is 0.440. The van der Waals surface area contributed by atoms with Gasteiger partial charge < -0.3 is 83.8 Å². The fourth-order valence-electron chi connectivity index (χ4n) is 12.0. The molecule has 8 rings (SSSR count). The van der Waals surface area contributed by atoms with Crippen molar-refractivity contribution in [1.82, 2.24) is 16.0 Å². The Labute approximate surface area is 420 Å². The molecule has 24 heteroatoms. The van der Waals surface area contributed by atoms with Crippen LogP contribution in [0.1, 0.15) is 81.5 Å². The highest BCUT2D eigenvalue weighted by atomic mass is 16.4. The van der Waals surface area contributed by atoms with Crippen molar-refractivity contribution in [3.05, 3.63) is 86.4 Å². The largest absolute Gasteiger partial charge is 0.508 e. The molecule has 0 bridgehead atoms. The first-order valence-corrected chi connectivity index (χ1v) is 23.7. The Balaban J connectivity index is 0.842. The molecule has 5 amide bonds. The topological polar surface area (TPSA) is 439 Å². The van der Waals surface area contributed by atoms with Crippen LogP contribution < -0.4 is 32.7 Å². The van der Waals surface area contributed by atoms with Crippen LogP contribution in [0.15, 0.2) is 64.1 Å². The Bertz CT molecular complexity index is 3030. The number of carbonyl (C=O) groups is 8. The number of hydrogen-bond acceptors (Lipinski definition) is 19. The molecule has 0 aromatic heterocycles. The minimum Gasteiger partial charge on any atom is -0.508 e. The number of Topliss-reactive ketones (excluding diaryl/α,β-unsaturated/α-hetero) is 4. The summed E-state index contributed by atoms with van der Waals surface area (Å²) in [5.41, 5.74) is -3.29. The molecule has 2 aromatic carbocycles. The summed E-state index contributed by atoms with van der Waals surface area (Å²) in [5, 5.41) is 125. The molecular formula is C50H56N6O18. The first-order chi connectivity index (χ1) is 34.6. The average molecular weight is 1030 g/mol. The van der Waals surface area contributed by atoms with Crippen LogP contribution in [-0.2, 0) is 44.8 Å². The number of urea groups is 1. The summed E-state index contributed by atoms with van der Waals surface area (Å²) < 4.78 is 0. The van der Waals surface area contributed by atoms with Crippen molar-refractivity contribution < 1.29 is 89.4 Å². The number of unbranched alkanes of at least 4 members (excludes halogenated alkanes) is 2. The molecule has 2 saturated carbocycles. The van der Waals surface area contributed by atoms with Gasteiger partial charge in [-0.2, -0.15) is 0 Å². The van der Waals surface area contributed by atoms with Crippen LogP contribution in [0.25, 0.3) is 11.5 Å². The molecule has 6 aliphatic rings. The van der Waals surface area contributed by atoms with Gasteiger partial charge in [0.1, 0.15) is 45.7 Å². The predicted octanol–water partition coefficient (Wildman–Crippen LogP) is -0.196. The zero-order chi connectivity index (χ0) is 54.5. The molecule has 74 heavy (non-hydrogen) atoms. The van der Waals surface area contributed by atoms with Crippen LogP contribution >= 0.6 is 0 Å². The third-order valence-corrected chi connectivity index (χ3v) is 15.9. The summed E-state index contributed by atoms with van der Waals surface area (Å²) in [6, 6.07) is 4.21. The number of rotatable bonds is 13. The van der Waals surface area contributed by atoms with Gasteiger partial charge in [0.2, 0.25) is 17.5 Å². The first-order valence-electron chi connectivity index (χ1n) is 23.7. The summed E-state index contributed by atoms with van der Waals surface area (Å²) in [4.78, 5) is 105. The summed E-state index contributed by atoms with van der Waals surface area (Å²) in [6.07, 6.45) is 0.447. The lowest BCUT2D eigenvalue weighted by atomic mass is 9.53. The number of phenols is 2. The Morgan fingerprint density at radius 2 is 1.19 bits per heavy atom. The third-order valence-electron chi connectivity index (χ3n) is 15.9. The average Bonchev–Trinajstić information content (AvgIpc) is 3.32. The first kappa shape index (κ1) is 52.7. The molecule has 6 aliphatic carbocycles. The molecule has 0 radical (unpaired) electrons. The molecular weight excluding hydrogens is 973 g/mol. The fourth-order valence-corrected chi connectivity index (χ4v) is 12.0. The van der Waals surface area contributed by atoms with Crippen LogP contribution in [0.5, 0.6) is 11.5 Å². The van der Waals surface area contributed by atoms with Gasteiger partial charge in [0.05, 0.1) is 34.1 Å². The Morgan fingerprint density at radius 3 is 1.78 bits per heavy atom. The number of hydrogen-bond donors (Lipinski definition) is 16. The summed E-state index contributed by atoms with van der Waals surface area (Å²) in [5.74, 6) is -20.0. The van der Waals surface area contributed by atoms with Gasteiger partial charge in [-0.25, -0.2) is 4.79 Å². The van der Waals surface area contributed by atoms with Crippen molar-refractivity contribution in [2.24, 2.45) is 41.1 Å². The normalized spacial score (nSPS) is 31.2. The smallest absolute Gasteiger partial charge is 0.319 e. The van der Waals surface area contributed by atoms with Gasteiger partial charge in [-0.15, -0.1) is 0 Å². The minimum absolute atomic E-state index is 0.0206. The number of carbonyl (C=O) groups excluding carboxylic acids is 8. The number of nitrogens with two attached hydrogens (primary N) is 2. The number of aromatic hydroxyl groups is 2. The van der Waals surface area contributed by atoms with E-state index < -0.39 is 174 Å².